The van der Waals surface area contributed by atoms with Gasteiger partial charge in [0.25, 0.3) is 0 Å². The highest BCUT2D eigenvalue weighted by atomic mass is 16.2. The minimum atomic E-state index is 0.282. The Labute approximate surface area is 93.0 Å². The molecule has 3 heteroatoms. The highest BCUT2D eigenvalue weighted by molar-refractivity contribution is 5.75. The topological polar surface area (TPSA) is 46.3 Å². The van der Waals surface area contributed by atoms with Gasteiger partial charge in [-0.25, -0.2) is 0 Å². The maximum absolute atomic E-state index is 11.7. The molecule has 0 saturated heterocycles. The Balaban J connectivity index is 2.15. The van der Waals surface area contributed by atoms with Crippen LogP contribution in [0.25, 0.3) is 0 Å². The fourth-order valence-electron chi connectivity index (χ4n) is 2.03. The first-order chi connectivity index (χ1) is 6.99. The van der Waals surface area contributed by atoms with E-state index in [0.717, 1.165) is 25.8 Å². The predicted octanol–water partition coefficient (Wildman–Crippen LogP) is 1.62. The van der Waals surface area contributed by atoms with E-state index in [4.69, 9.17) is 5.73 Å². The van der Waals surface area contributed by atoms with E-state index in [0.29, 0.717) is 24.3 Å². The van der Waals surface area contributed by atoms with Crippen molar-refractivity contribution in [3.63, 3.8) is 0 Å². The molecule has 1 aliphatic carbocycles. The molecule has 2 N–H and O–H groups in total. The summed E-state index contributed by atoms with van der Waals surface area (Å²) in [6, 6.07) is 0.383. The van der Waals surface area contributed by atoms with Crippen LogP contribution in [0.2, 0.25) is 0 Å². The smallest absolute Gasteiger partial charge is 0.222 e. The lowest BCUT2D eigenvalue weighted by molar-refractivity contribution is -0.131. The molecule has 0 spiro atoms. The average molecular weight is 212 g/mol. The Kier molecular flexibility index (Phi) is 4.58. The van der Waals surface area contributed by atoms with Gasteiger partial charge < -0.3 is 10.6 Å². The van der Waals surface area contributed by atoms with E-state index in [9.17, 15) is 4.79 Å². The number of nitrogens with zero attached hydrogens (tertiary/aromatic N) is 1. The third kappa shape index (κ3) is 4.20. The van der Waals surface area contributed by atoms with Crippen LogP contribution in [0.5, 0.6) is 0 Å². The monoisotopic (exact) mass is 212 g/mol. The van der Waals surface area contributed by atoms with Gasteiger partial charge in [0.2, 0.25) is 5.91 Å². The van der Waals surface area contributed by atoms with Gasteiger partial charge in [-0.05, 0) is 31.1 Å². The van der Waals surface area contributed by atoms with Crippen molar-refractivity contribution in [1.82, 2.24) is 4.90 Å². The normalized spacial score (nSPS) is 25.1. The minimum Gasteiger partial charge on any atom is -0.345 e. The molecule has 1 saturated carbocycles. The standard InChI is InChI=1S/C12H24N2O/c1-9(2)4-5-12(15)14(3)8-10-6-11(13)7-10/h9-11H,4-8,13H2,1-3H3. The van der Waals surface area contributed by atoms with Crippen molar-refractivity contribution in [2.24, 2.45) is 17.6 Å². The molecule has 0 aromatic rings. The number of rotatable bonds is 5. The van der Waals surface area contributed by atoms with Crippen LogP contribution in [0.4, 0.5) is 0 Å². The molecular formula is C12H24N2O. The highest BCUT2D eigenvalue weighted by Gasteiger charge is 2.27. The summed E-state index contributed by atoms with van der Waals surface area (Å²) < 4.78 is 0. The second-order valence-electron chi connectivity index (χ2n) is 5.30. The van der Waals surface area contributed by atoms with E-state index < -0.39 is 0 Å². The first kappa shape index (κ1) is 12.5. The number of hydrogen-bond donors (Lipinski definition) is 1. The number of carbonyl (C=O) groups excluding carboxylic acids is 1. The molecule has 0 atom stereocenters. The summed E-state index contributed by atoms with van der Waals surface area (Å²) in [5, 5.41) is 0. The predicted molar refractivity (Wildman–Crippen MR) is 62.4 cm³/mol. The van der Waals surface area contributed by atoms with Crippen molar-refractivity contribution < 1.29 is 4.79 Å². The van der Waals surface area contributed by atoms with E-state index >= 15 is 0 Å². The molecule has 3 nitrogen and oxygen atoms in total. The lowest BCUT2D eigenvalue weighted by Gasteiger charge is -2.35. The number of nitrogens with two attached hydrogens (primary N) is 1. The van der Waals surface area contributed by atoms with Crippen molar-refractivity contribution in [2.75, 3.05) is 13.6 Å². The molecule has 1 aliphatic rings. The Bertz CT molecular complexity index is 210. The molecule has 1 fully saturated rings. The lowest BCUT2D eigenvalue weighted by atomic mass is 9.80. The van der Waals surface area contributed by atoms with E-state index in [2.05, 4.69) is 13.8 Å². The van der Waals surface area contributed by atoms with Gasteiger partial charge in [-0.3, -0.25) is 4.79 Å². The maximum atomic E-state index is 11.7. The lowest BCUT2D eigenvalue weighted by Crippen LogP contribution is -2.43. The molecule has 0 aliphatic heterocycles. The summed E-state index contributed by atoms with van der Waals surface area (Å²) in [4.78, 5) is 13.6. The minimum absolute atomic E-state index is 0.282. The summed E-state index contributed by atoms with van der Waals surface area (Å²) >= 11 is 0. The van der Waals surface area contributed by atoms with Crippen LogP contribution in [-0.2, 0) is 4.79 Å². The van der Waals surface area contributed by atoms with Crippen molar-refractivity contribution >= 4 is 5.91 Å². The van der Waals surface area contributed by atoms with E-state index in [1.807, 2.05) is 11.9 Å². The third-order valence-corrected chi connectivity index (χ3v) is 3.17. The largest absolute Gasteiger partial charge is 0.345 e. The zero-order chi connectivity index (χ0) is 11.4. The Morgan fingerprint density at radius 1 is 1.47 bits per heavy atom. The average Bonchev–Trinajstić information content (AvgIpc) is 2.11. The molecule has 1 amide bonds. The van der Waals surface area contributed by atoms with Crippen LogP contribution >= 0.6 is 0 Å². The Morgan fingerprint density at radius 3 is 2.53 bits per heavy atom. The zero-order valence-corrected chi connectivity index (χ0v) is 10.2. The van der Waals surface area contributed by atoms with Gasteiger partial charge in [0, 0.05) is 26.1 Å². The Morgan fingerprint density at radius 2 is 2.07 bits per heavy atom. The van der Waals surface area contributed by atoms with Gasteiger partial charge in [0.1, 0.15) is 0 Å². The Hall–Kier alpha value is -0.570. The molecule has 88 valence electrons. The number of carbonyl (C=O) groups is 1. The van der Waals surface area contributed by atoms with Crippen LogP contribution in [0.1, 0.15) is 39.5 Å². The molecule has 0 aromatic heterocycles. The molecule has 0 aromatic carbocycles. The maximum Gasteiger partial charge on any atom is 0.222 e. The quantitative estimate of drug-likeness (QED) is 0.752. The highest BCUT2D eigenvalue weighted by Crippen LogP contribution is 2.26. The molecule has 0 unspecified atom stereocenters. The summed E-state index contributed by atoms with van der Waals surface area (Å²) in [6.07, 6.45) is 3.85. The van der Waals surface area contributed by atoms with Crippen molar-refractivity contribution in [3.8, 4) is 0 Å². The summed E-state index contributed by atoms with van der Waals surface area (Å²) in [6.45, 7) is 5.20. The summed E-state index contributed by atoms with van der Waals surface area (Å²) in [7, 11) is 1.91. The molecular weight excluding hydrogens is 188 g/mol. The van der Waals surface area contributed by atoms with Crippen molar-refractivity contribution in [2.45, 2.75) is 45.6 Å². The molecule has 0 heterocycles. The van der Waals surface area contributed by atoms with Crippen LogP contribution in [0.15, 0.2) is 0 Å². The van der Waals surface area contributed by atoms with Crippen LogP contribution in [-0.4, -0.2) is 30.4 Å². The van der Waals surface area contributed by atoms with Crippen LogP contribution < -0.4 is 5.73 Å². The van der Waals surface area contributed by atoms with Crippen LogP contribution in [0.3, 0.4) is 0 Å². The van der Waals surface area contributed by atoms with E-state index in [-0.39, 0.29) is 5.91 Å². The van der Waals surface area contributed by atoms with Gasteiger partial charge in [-0.1, -0.05) is 13.8 Å². The first-order valence-electron chi connectivity index (χ1n) is 5.98. The number of amides is 1. The molecule has 15 heavy (non-hydrogen) atoms. The first-order valence-corrected chi connectivity index (χ1v) is 5.98. The van der Waals surface area contributed by atoms with Gasteiger partial charge in [-0.2, -0.15) is 0 Å². The fraction of sp³-hybridized carbons (Fsp3) is 0.917. The van der Waals surface area contributed by atoms with Crippen molar-refractivity contribution in [1.29, 1.82) is 0 Å². The van der Waals surface area contributed by atoms with Crippen LogP contribution in [0, 0.1) is 11.8 Å². The van der Waals surface area contributed by atoms with Gasteiger partial charge in [-0.15, -0.1) is 0 Å². The fourth-order valence-corrected chi connectivity index (χ4v) is 2.03. The van der Waals surface area contributed by atoms with Crippen molar-refractivity contribution in [3.05, 3.63) is 0 Å². The van der Waals surface area contributed by atoms with Gasteiger partial charge in [0.05, 0.1) is 0 Å². The zero-order valence-electron chi connectivity index (χ0n) is 10.2. The number of hydrogen-bond acceptors (Lipinski definition) is 2. The molecule has 0 bridgehead atoms. The second-order valence-corrected chi connectivity index (χ2v) is 5.30. The molecule has 1 rings (SSSR count). The van der Waals surface area contributed by atoms with E-state index in [1.54, 1.807) is 0 Å². The van der Waals surface area contributed by atoms with Gasteiger partial charge in [0.15, 0.2) is 0 Å². The molecule has 0 radical (unpaired) electrons. The summed E-state index contributed by atoms with van der Waals surface area (Å²) in [5.41, 5.74) is 5.72. The SMILES string of the molecule is CC(C)CCC(=O)N(C)CC1CC(N)C1. The summed E-state index contributed by atoms with van der Waals surface area (Å²) in [5.74, 6) is 1.54. The third-order valence-electron chi connectivity index (χ3n) is 3.17. The van der Waals surface area contributed by atoms with E-state index in [1.165, 1.54) is 0 Å². The second kappa shape index (κ2) is 5.50. The van der Waals surface area contributed by atoms with Gasteiger partial charge >= 0.3 is 0 Å².